The van der Waals surface area contributed by atoms with E-state index in [4.69, 9.17) is 27.9 Å². The lowest BCUT2D eigenvalue weighted by Crippen LogP contribution is -2.11. The van der Waals surface area contributed by atoms with Gasteiger partial charge >= 0.3 is 5.97 Å². The molecule has 0 saturated heterocycles. The fourth-order valence-corrected chi connectivity index (χ4v) is 2.55. The fourth-order valence-electron chi connectivity index (χ4n) is 2.03. The van der Waals surface area contributed by atoms with E-state index in [9.17, 15) is 4.79 Å². The van der Waals surface area contributed by atoms with Crippen LogP contribution in [0.1, 0.15) is 35.1 Å². The Morgan fingerprint density at radius 2 is 2.00 bits per heavy atom. The zero-order valence-electron chi connectivity index (χ0n) is 11.8. The summed E-state index contributed by atoms with van der Waals surface area (Å²) in [5, 5.41) is 9.05. The van der Waals surface area contributed by atoms with Crippen LogP contribution in [0.5, 0.6) is 0 Å². The minimum absolute atomic E-state index is 0.238. The van der Waals surface area contributed by atoms with E-state index < -0.39 is 5.97 Å². The standard InChI is InChI=1S/C14H15Cl2N3O2/c1-3-5-12-13(14(20)21-2)17-18-19(12)8-9-10(15)6-4-7-11(9)16/h4,6-7H,3,5,8H2,1-2H3. The number of aromatic nitrogens is 3. The summed E-state index contributed by atoms with van der Waals surface area (Å²) >= 11 is 12.3. The van der Waals surface area contributed by atoms with Gasteiger partial charge in [-0.15, -0.1) is 5.10 Å². The highest BCUT2D eigenvalue weighted by Crippen LogP contribution is 2.25. The van der Waals surface area contributed by atoms with E-state index in [2.05, 4.69) is 10.3 Å². The zero-order valence-corrected chi connectivity index (χ0v) is 13.3. The predicted octanol–water partition coefficient (Wildman–Crippen LogP) is 3.37. The maximum Gasteiger partial charge on any atom is 0.360 e. The van der Waals surface area contributed by atoms with Gasteiger partial charge in [-0.05, 0) is 18.6 Å². The molecule has 0 atom stereocenters. The molecule has 0 amide bonds. The highest BCUT2D eigenvalue weighted by atomic mass is 35.5. The highest BCUT2D eigenvalue weighted by molar-refractivity contribution is 6.35. The number of methoxy groups -OCH3 is 1. The molecule has 0 unspecified atom stereocenters. The average Bonchev–Trinajstić information content (AvgIpc) is 2.86. The van der Waals surface area contributed by atoms with Crippen molar-refractivity contribution in [2.24, 2.45) is 0 Å². The summed E-state index contributed by atoms with van der Waals surface area (Å²) in [6, 6.07) is 5.31. The number of halogens is 2. The van der Waals surface area contributed by atoms with Gasteiger partial charge in [0.1, 0.15) is 0 Å². The molecule has 1 aromatic carbocycles. The van der Waals surface area contributed by atoms with Gasteiger partial charge in [-0.3, -0.25) is 0 Å². The maximum absolute atomic E-state index is 11.7. The minimum atomic E-state index is -0.491. The molecule has 112 valence electrons. The van der Waals surface area contributed by atoms with E-state index in [1.54, 1.807) is 22.9 Å². The van der Waals surface area contributed by atoms with E-state index in [-0.39, 0.29) is 5.69 Å². The van der Waals surface area contributed by atoms with Gasteiger partial charge in [0.15, 0.2) is 5.69 Å². The van der Waals surface area contributed by atoms with Crippen LogP contribution in [0.3, 0.4) is 0 Å². The molecule has 7 heteroatoms. The molecule has 0 radical (unpaired) electrons. The third-order valence-electron chi connectivity index (χ3n) is 3.07. The normalized spacial score (nSPS) is 10.7. The Labute approximate surface area is 132 Å². The van der Waals surface area contributed by atoms with E-state index in [1.165, 1.54) is 7.11 Å². The third-order valence-corrected chi connectivity index (χ3v) is 3.78. The number of hydrogen-bond acceptors (Lipinski definition) is 4. The van der Waals surface area contributed by atoms with Crippen molar-refractivity contribution in [3.63, 3.8) is 0 Å². The Balaban J connectivity index is 2.40. The monoisotopic (exact) mass is 327 g/mol. The van der Waals surface area contributed by atoms with E-state index in [1.807, 2.05) is 6.92 Å². The molecule has 0 saturated carbocycles. The van der Waals surface area contributed by atoms with Gasteiger partial charge in [0.05, 0.1) is 19.3 Å². The predicted molar refractivity (Wildman–Crippen MR) is 80.9 cm³/mol. The quantitative estimate of drug-likeness (QED) is 0.790. The van der Waals surface area contributed by atoms with E-state index >= 15 is 0 Å². The first-order valence-corrected chi connectivity index (χ1v) is 7.27. The first kappa shape index (κ1) is 15.8. The molecule has 1 heterocycles. The molecule has 5 nitrogen and oxygen atoms in total. The molecule has 0 fully saturated rings. The smallest absolute Gasteiger partial charge is 0.360 e. The van der Waals surface area contributed by atoms with Gasteiger partial charge in [0.25, 0.3) is 0 Å². The Hall–Kier alpha value is -1.59. The van der Waals surface area contributed by atoms with E-state index in [0.717, 1.165) is 17.7 Å². The Morgan fingerprint density at radius 1 is 1.33 bits per heavy atom. The maximum atomic E-state index is 11.7. The largest absolute Gasteiger partial charge is 0.464 e. The van der Waals surface area contributed by atoms with Gasteiger partial charge in [-0.25, -0.2) is 9.48 Å². The lowest BCUT2D eigenvalue weighted by Gasteiger charge is -2.09. The van der Waals surface area contributed by atoms with Crippen LogP contribution in [0.25, 0.3) is 0 Å². The molecular weight excluding hydrogens is 313 g/mol. The fraction of sp³-hybridized carbons (Fsp3) is 0.357. The van der Waals surface area contributed by atoms with Gasteiger partial charge < -0.3 is 4.74 Å². The van der Waals surface area contributed by atoms with Crippen molar-refractivity contribution in [3.8, 4) is 0 Å². The van der Waals surface area contributed by atoms with Crippen LogP contribution in [0.2, 0.25) is 10.0 Å². The Morgan fingerprint density at radius 3 is 2.57 bits per heavy atom. The first-order valence-electron chi connectivity index (χ1n) is 6.52. The van der Waals surface area contributed by atoms with Crippen molar-refractivity contribution in [1.82, 2.24) is 15.0 Å². The molecule has 0 aliphatic carbocycles. The molecule has 0 bridgehead atoms. The van der Waals surface area contributed by atoms with Crippen LogP contribution in [-0.4, -0.2) is 28.1 Å². The number of ether oxygens (including phenoxy) is 1. The lowest BCUT2D eigenvalue weighted by molar-refractivity contribution is 0.0592. The van der Waals surface area contributed by atoms with Crippen LogP contribution in [-0.2, 0) is 17.7 Å². The average molecular weight is 328 g/mol. The number of carbonyl (C=O) groups excluding carboxylic acids is 1. The molecular formula is C14H15Cl2N3O2. The lowest BCUT2D eigenvalue weighted by atomic mass is 10.2. The van der Waals surface area contributed by atoms with Crippen LogP contribution in [0.15, 0.2) is 18.2 Å². The van der Waals surface area contributed by atoms with Gasteiger partial charge in [0.2, 0.25) is 0 Å². The molecule has 0 spiro atoms. The van der Waals surface area contributed by atoms with Crippen LogP contribution < -0.4 is 0 Å². The SMILES string of the molecule is CCCc1c(C(=O)OC)nnn1Cc1c(Cl)cccc1Cl. The molecule has 1 aromatic heterocycles. The molecule has 0 aliphatic heterocycles. The van der Waals surface area contributed by atoms with Crippen molar-refractivity contribution in [2.45, 2.75) is 26.3 Å². The second-order valence-corrected chi connectivity index (χ2v) is 5.30. The topological polar surface area (TPSA) is 57.0 Å². The molecule has 2 rings (SSSR count). The Bertz CT molecular complexity index is 635. The summed E-state index contributed by atoms with van der Waals surface area (Å²) in [6.07, 6.45) is 1.52. The van der Waals surface area contributed by atoms with Crippen molar-refractivity contribution in [1.29, 1.82) is 0 Å². The Kier molecular flexibility index (Phi) is 5.20. The number of rotatable bonds is 5. The van der Waals surface area contributed by atoms with Crippen molar-refractivity contribution in [2.75, 3.05) is 7.11 Å². The van der Waals surface area contributed by atoms with E-state index in [0.29, 0.717) is 23.0 Å². The van der Waals surface area contributed by atoms with Crippen LogP contribution in [0.4, 0.5) is 0 Å². The second kappa shape index (κ2) is 6.91. The molecule has 2 aromatic rings. The third kappa shape index (κ3) is 3.36. The summed E-state index contributed by atoms with van der Waals surface area (Å²) in [6.45, 7) is 2.37. The second-order valence-electron chi connectivity index (χ2n) is 4.48. The van der Waals surface area contributed by atoms with Gasteiger partial charge in [-0.2, -0.15) is 0 Å². The highest BCUT2D eigenvalue weighted by Gasteiger charge is 2.20. The summed E-state index contributed by atoms with van der Waals surface area (Å²) in [5.74, 6) is -0.491. The van der Waals surface area contributed by atoms with Crippen molar-refractivity contribution >= 4 is 29.2 Å². The number of benzene rings is 1. The van der Waals surface area contributed by atoms with Crippen LogP contribution >= 0.6 is 23.2 Å². The summed E-state index contributed by atoms with van der Waals surface area (Å²) in [4.78, 5) is 11.7. The minimum Gasteiger partial charge on any atom is -0.464 e. The van der Waals surface area contributed by atoms with Crippen LogP contribution in [0, 0.1) is 0 Å². The van der Waals surface area contributed by atoms with Crippen molar-refractivity contribution < 1.29 is 9.53 Å². The molecule has 0 aliphatic rings. The molecule has 21 heavy (non-hydrogen) atoms. The molecule has 0 N–H and O–H groups in total. The van der Waals surface area contributed by atoms with Crippen molar-refractivity contribution in [3.05, 3.63) is 45.2 Å². The first-order chi connectivity index (χ1) is 10.1. The van der Waals surface area contributed by atoms with Gasteiger partial charge in [-0.1, -0.05) is 47.8 Å². The number of nitrogens with zero attached hydrogens (tertiary/aromatic N) is 3. The van der Waals surface area contributed by atoms with Gasteiger partial charge in [0, 0.05) is 15.6 Å². The summed E-state index contributed by atoms with van der Waals surface area (Å²) < 4.78 is 6.37. The number of esters is 1. The number of carbonyl (C=O) groups is 1. The summed E-state index contributed by atoms with van der Waals surface area (Å²) in [7, 11) is 1.32. The summed E-state index contributed by atoms with van der Waals surface area (Å²) in [5.41, 5.74) is 1.71. The number of hydrogen-bond donors (Lipinski definition) is 0. The zero-order chi connectivity index (χ0) is 15.4.